The number of carbonyl (C=O) groups is 2. The Labute approximate surface area is 768 Å². The number of ether oxygens (including phenoxy) is 2. The fraction of sp³-hybridized carbons (Fsp3) is 0.638. The fourth-order valence-corrected chi connectivity index (χ4v) is 22.9. The average molecular weight is 1760 g/mol. The molecule has 9 heterocycles. The largest absolute Gasteiger partial charge is 0.445 e. The van der Waals surface area contributed by atoms with Crippen LogP contribution in [0.5, 0.6) is 0 Å². The summed E-state index contributed by atoms with van der Waals surface area (Å²) in [5.74, 6) is 3.82. The summed E-state index contributed by atoms with van der Waals surface area (Å²) in [6.07, 6.45) is 38.8. The van der Waals surface area contributed by atoms with E-state index in [-0.39, 0.29) is 72.3 Å². The van der Waals surface area contributed by atoms with E-state index in [4.69, 9.17) is 36.8 Å². The second-order valence-corrected chi connectivity index (χ2v) is 39.4. The summed E-state index contributed by atoms with van der Waals surface area (Å²) in [7, 11) is 0. The molecule has 2 spiro atoms. The van der Waals surface area contributed by atoms with Gasteiger partial charge in [-0.3, -0.25) is 19.6 Å². The lowest BCUT2D eigenvalue weighted by Gasteiger charge is -2.46. The Morgan fingerprint density at radius 3 is 1.17 bits per heavy atom. The van der Waals surface area contributed by atoms with Crippen LogP contribution in [-0.4, -0.2) is 233 Å². The molecule has 0 unspecified atom stereocenters. The van der Waals surface area contributed by atoms with Crippen LogP contribution in [0.25, 0.3) is 22.1 Å². The van der Waals surface area contributed by atoms with Gasteiger partial charge in [0, 0.05) is 195 Å². The predicted molar refractivity (Wildman–Crippen MR) is 520 cm³/mol. The number of rotatable bonds is 20. The zero-order valence-electron chi connectivity index (χ0n) is 72.9. The van der Waals surface area contributed by atoms with Crippen molar-refractivity contribution in [3.05, 3.63) is 185 Å². The minimum absolute atomic E-state index is 0. The quantitative estimate of drug-likeness (QED) is 0.0687. The van der Waals surface area contributed by atoms with E-state index in [0.717, 1.165) is 138 Å². The number of piperazine rings is 3. The smallest absolute Gasteiger partial charge is 0.410 e. The van der Waals surface area contributed by atoms with Crippen LogP contribution in [0.3, 0.4) is 0 Å². The normalized spacial score (nSPS) is 24.5. The number of carbonyl (C=O) groups excluding carboxylic acids is 2. The maximum atomic E-state index is 13.3. The van der Waals surface area contributed by atoms with E-state index in [0.29, 0.717) is 50.9 Å². The van der Waals surface area contributed by atoms with E-state index in [1.54, 1.807) is 6.20 Å². The predicted octanol–water partition coefficient (Wildman–Crippen LogP) is 20.4. The molecule has 8 saturated carbocycles. The molecule has 21 nitrogen and oxygen atoms in total. The van der Waals surface area contributed by atoms with Gasteiger partial charge < -0.3 is 54.2 Å². The SMILES string of the molecule is C.C.C.C.C.NC1CCC(N2CCN(CC3CC3)CC2)CC1.O=C(OCc1ccccc1)N1Cc2cc3cnc(Cl)nc3n2C2(CCCCC2)C1.O=C(OCc1ccccc1)N1Cc2cc3cnc(NC4CCC(N5CCN(CC6CC6)CC5)CC4)nc3n2C2(CCCCC2)C1.c1ccc(CN(Cc2ccccc2)C2CCC(N3CCN(CC4CC4)CC3)CC2)cc1. The highest BCUT2D eigenvalue weighted by molar-refractivity contribution is 6.28. The number of fused-ring (bicyclic) bond motifs is 8. The molecule has 0 radical (unpaired) electrons. The Bertz CT molecular complexity index is 4560. The Hall–Kier alpha value is -7.57. The van der Waals surface area contributed by atoms with Crippen molar-refractivity contribution in [2.75, 3.05) is 117 Å². The molecule has 11 fully saturated rings. The molecule has 21 rings (SSSR count). The van der Waals surface area contributed by atoms with E-state index in [9.17, 15) is 9.59 Å². The molecule has 5 aliphatic heterocycles. The Morgan fingerprint density at radius 1 is 0.425 bits per heavy atom. The summed E-state index contributed by atoms with van der Waals surface area (Å²) in [4.78, 5) is 67.8. The molecule has 22 heteroatoms. The van der Waals surface area contributed by atoms with Crippen molar-refractivity contribution in [2.24, 2.45) is 23.5 Å². The maximum Gasteiger partial charge on any atom is 0.410 e. The number of nitrogens with zero attached hydrogens (tertiary/aromatic N) is 15. The van der Waals surface area contributed by atoms with Crippen LogP contribution in [0, 0.1) is 17.8 Å². The number of amides is 2. The molecule has 0 atom stereocenters. The lowest BCUT2D eigenvalue weighted by atomic mass is 9.79. The molecule has 0 bridgehead atoms. The third-order valence-electron chi connectivity index (χ3n) is 30.1. The Morgan fingerprint density at radius 2 is 0.780 bits per heavy atom. The monoisotopic (exact) mass is 1760 g/mol. The molecule has 694 valence electrons. The van der Waals surface area contributed by atoms with Crippen molar-refractivity contribution in [3.8, 4) is 0 Å². The zero-order valence-corrected chi connectivity index (χ0v) is 73.7. The van der Waals surface area contributed by atoms with Crippen molar-refractivity contribution < 1.29 is 19.1 Å². The molecule has 8 aliphatic carbocycles. The molecule has 3 N–H and O–H groups in total. The van der Waals surface area contributed by atoms with Crippen molar-refractivity contribution in [1.29, 1.82) is 0 Å². The van der Waals surface area contributed by atoms with Crippen molar-refractivity contribution >= 4 is 51.8 Å². The molecule has 8 aromatic rings. The Kier molecular flexibility index (Phi) is 35.1. The summed E-state index contributed by atoms with van der Waals surface area (Å²) in [6, 6.07) is 50.1. The van der Waals surface area contributed by atoms with Crippen LogP contribution in [0.1, 0.15) is 251 Å². The third-order valence-corrected chi connectivity index (χ3v) is 30.3. The van der Waals surface area contributed by atoms with Crippen LogP contribution in [-0.2, 0) is 59.9 Å². The molecule has 127 heavy (non-hydrogen) atoms. The van der Waals surface area contributed by atoms with Gasteiger partial charge in [-0.05, 0) is 205 Å². The number of hydrogen-bond donors (Lipinski definition) is 2. The topological polar surface area (TPSA) is 181 Å². The number of benzene rings is 4. The molecule has 13 aliphatic rings. The van der Waals surface area contributed by atoms with Gasteiger partial charge in [0.1, 0.15) is 24.5 Å². The highest BCUT2D eigenvalue weighted by atomic mass is 35.5. The van der Waals surface area contributed by atoms with Crippen molar-refractivity contribution in [3.63, 3.8) is 0 Å². The minimum Gasteiger partial charge on any atom is -0.445 e. The molecular formula is C105H158ClN17O4. The fourth-order valence-electron chi connectivity index (χ4n) is 22.7. The molecule has 4 aromatic heterocycles. The standard InChI is InChI=1S/C36H49N7O2.C28H39N3.C22H23ClN4O2.C14H27N3.5CH4/c44-35(45-25-28-7-3-1-4-8-28)42-24-32-21-29-22-37-34(39-33(29)43(32)36(26-42)15-5-2-6-16-36)38-30-11-13-31(14-12-30)41-19-17-40(18-20-41)23-27-9-10-27;1-3-7-24(8-4-1)22-31(23-25-9-5-2-6-10-25)28-15-13-27(14-16-28)30-19-17-29(18-20-30)21-26-11-12-26;23-20-24-12-17-11-18-13-26(21(28)29-14-16-7-3-1-4-8-16)15-22(9-5-2-6-10-22)27(18)19(17)25-20;15-13-3-5-14(6-4-13)17-9-7-16(8-10-17)11-12-1-2-12;;;;;/h1,3-4,7-8,21-22,27,30-31H,2,5-6,9-20,23-26H2,(H,37,38,39);1-10,26-28H,11-23H2;1,3-4,7-8,11-12H,2,5-6,9-10,13-15H2;12-14H,1-11,15H2;5*1H4. The van der Waals surface area contributed by atoms with Crippen LogP contribution in [0.4, 0.5) is 15.5 Å². The van der Waals surface area contributed by atoms with Crippen molar-refractivity contribution in [1.82, 2.24) is 73.2 Å². The van der Waals surface area contributed by atoms with E-state index in [2.05, 4.69) is 132 Å². The maximum absolute atomic E-state index is 13.3. The second-order valence-electron chi connectivity index (χ2n) is 39.1. The van der Waals surface area contributed by atoms with Gasteiger partial charge in [-0.15, -0.1) is 0 Å². The van der Waals surface area contributed by atoms with Gasteiger partial charge in [-0.2, -0.15) is 9.97 Å². The summed E-state index contributed by atoms with van der Waals surface area (Å²) < 4.78 is 16.2. The molecular weight excluding hydrogens is 1600 g/mol. The highest BCUT2D eigenvalue weighted by Gasteiger charge is 2.46. The Balaban J connectivity index is 0.000000150. The average Bonchev–Trinajstić information content (AvgIpc) is 1.71. The van der Waals surface area contributed by atoms with E-state index in [1.165, 1.54) is 251 Å². The zero-order chi connectivity index (χ0) is 82.6. The van der Waals surface area contributed by atoms with Gasteiger partial charge in [-0.25, -0.2) is 19.6 Å². The van der Waals surface area contributed by atoms with Crippen LogP contribution in [0.15, 0.2) is 146 Å². The first-order valence-electron chi connectivity index (χ1n) is 48.0. The lowest BCUT2D eigenvalue weighted by Crippen LogP contribution is -2.53. The first-order valence-corrected chi connectivity index (χ1v) is 48.3. The van der Waals surface area contributed by atoms with Gasteiger partial charge in [0.15, 0.2) is 0 Å². The summed E-state index contributed by atoms with van der Waals surface area (Å²) in [5.41, 5.74) is 14.7. The first kappa shape index (κ1) is 97.0. The lowest BCUT2D eigenvalue weighted by molar-refractivity contribution is 0.0464. The van der Waals surface area contributed by atoms with E-state index < -0.39 is 0 Å². The van der Waals surface area contributed by atoms with Gasteiger partial charge in [-0.1, -0.05) is 197 Å². The summed E-state index contributed by atoms with van der Waals surface area (Å²) >= 11 is 6.10. The first-order chi connectivity index (χ1) is 59.9. The van der Waals surface area contributed by atoms with Crippen molar-refractivity contribution in [2.45, 2.75) is 304 Å². The molecule has 4 aromatic carbocycles. The van der Waals surface area contributed by atoms with Crippen LogP contribution in [0.2, 0.25) is 5.28 Å². The molecule has 3 saturated heterocycles. The summed E-state index contributed by atoms with van der Waals surface area (Å²) in [5, 5.41) is 6.02. The molecule has 2 amide bonds. The van der Waals surface area contributed by atoms with E-state index >= 15 is 0 Å². The number of hydrogen-bond acceptors (Lipinski definition) is 17. The third kappa shape index (κ3) is 25.4. The minimum atomic E-state index is -0.264. The number of nitrogens with one attached hydrogen (secondary N) is 1. The number of anilines is 1. The summed E-state index contributed by atoms with van der Waals surface area (Å²) in [6.45, 7) is 24.5. The second kappa shape index (κ2) is 46.0. The number of nitrogens with two attached hydrogens (primary N) is 1. The van der Waals surface area contributed by atoms with E-state index in [1.807, 2.05) is 76.7 Å². The van der Waals surface area contributed by atoms with Gasteiger partial charge in [0.2, 0.25) is 11.2 Å². The van der Waals surface area contributed by atoms with Crippen LogP contribution < -0.4 is 11.1 Å². The van der Waals surface area contributed by atoms with Gasteiger partial charge in [0.05, 0.1) is 24.2 Å². The van der Waals surface area contributed by atoms with Gasteiger partial charge >= 0.3 is 12.2 Å². The van der Waals surface area contributed by atoms with Crippen LogP contribution >= 0.6 is 11.6 Å². The number of halogens is 1. The highest BCUT2D eigenvalue weighted by Crippen LogP contribution is 2.46. The van der Waals surface area contributed by atoms with Gasteiger partial charge in [0.25, 0.3) is 0 Å². The number of aromatic nitrogens is 6.